The minimum Gasteiger partial charge on any atom is -0.381 e. The number of hydrogen-bond donors (Lipinski definition) is 2. The second-order valence-corrected chi connectivity index (χ2v) is 8.61. The number of hydrogen-bond acceptors (Lipinski definition) is 7. The van der Waals surface area contributed by atoms with Gasteiger partial charge in [-0.1, -0.05) is 18.2 Å². The summed E-state index contributed by atoms with van der Waals surface area (Å²) in [6, 6.07) is 14.0. The fourth-order valence-electron chi connectivity index (χ4n) is 2.78. The van der Waals surface area contributed by atoms with Crippen LogP contribution >= 0.6 is 11.9 Å². The van der Waals surface area contributed by atoms with Gasteiger partial charge in [-0.05, 0) is 42.6 Å². The molecule has 0 saturated carbocycles. The molecule has 1 heterocycles. The quantitative estimate of drug-likeness (QED) is 0.439. The molecular weight excluding hydrogens is 376 g/mol. The van der Waals surface area contributed by atoms with Gasteiger partial charge in [0.15, 0.2) is 4.90 Å². The van der Waals surface area contributed by atoms with Gasteiger partial charge in [0.1, 0.15) is 0 Å². The predicted octanol–water partition coefficient (Wildman–Crippen LogP) is 2.44. The summed E-state index contributed by atoms with van der Waals surface area (Å²) in [6.07, 6.45) is 0.877. The van der Waals surface area contributed by atoms with E-state index in [2.05, 4.69) is 9.62 Å². The van der Waals surface area contributed by atoms with Gasteiger partial charge in [0.05, 0.1) is 4.92 Å². The second kappa shape index (κ2) is 7.62. The smallest absolute Gasteiger partial charge is 0.289 e. The van der Waals surface area contributed by atoms with Crippen molar-refractivity contribution in [3.8, 4) is 0 Å². The van der Waals surface area contributed by atoms with Gasteiger partial charge in [-0.2, -0.15) is 0 Å². The van der Waals surface area contributed by atoms with Crippen molar-refractivity contribution in [2.75, 3.05) is 18.4 Å². The van der Waals surface area contributed by atoms with Gasteiger partial charge in [0.25, 0.3) is 5.69 Å². The van der Waals surface area contributed by atoms with Gasteiger partial charge in [0, 0.05) is 35.8 Å². The Morgan fingerprint density at radius 3 is 2.62 bits per heavy atom. The summed E-state index contributed by atoms with van der Waals surface area (Å²) in [6.45, 7) is 1.65. The lowest BCUT2D eigenvalue weighted by Crippen LogP contribution is -2.23. The van der Waals surface area contributed by atoms with E-state index in [1.54, 1.807) is 11.9 Å². The number of primary sulfonamides is 1. The first-order valence-electron chi connectivity index (χ1n) is 7.88. The third-order valence-electron chi connectivity index (χ3n) is 3.96. The summed E-state index contributed by atoms with van der Waals surface area (Å²) in [4.78, 5) is 10.9. The molecule has 26 heavy (non-hydrogen) atoms. The molecule has 0 bridgehead atoms. The van der Waals surface area contributed by atoms with Crippen LogP contribution in [0.3, 0.4) is 0 Å². The molecule has 138 valence electrons. The Balaban J connectivity index is 1.69. The third-order valence-corrected chi connectivity index (χ3v) is 5.98. The van der Waals surface area contributed by atoms with Crippen LogP contribution in [-0.2, 0) is 10.0 Å². The highest BCUT2D eigenvalue weighted by Crippen LogP contribution is 2.30. The summed E-state index contributed by atoms with van der Waals surface area (Å²) in [5, 5.41) is 19.3. The van der Waals surface area contributed by atoms with Crippen LogP contribution in [0, 0.1) is 10.1 Å². The zero-order chi connectivity index (χ0) is 18.7. The molecule has 1 aliphatic heterocycles. The molecule has 10 heteroatoms. The van der Waals surface area contributed by atoms with Gasteiger partial charge < -0.3 is 5.32 Å². The molecule has 1 fully saturated rings. The summed E-state index contributed by atoms with van der Waals surface area (Å²) in [5.74, 6) is 0. The number of nitro benzene ring substituents is 1. The maximum Gasteiger partial charge on any atom is 0.289 e. The molecule has 3 N–H and O–H groups in total. The Morgan fingerprint density at radius 1 is 1.23 bits per heavy atom. The van der Waals surface area contributed by atoms with Crippen LogP contribution in [0.1, 0.15) is 6.42 Å². The lowest BCUT2D eigenvalue weighted by Gasteiger charge is -2.17. The monoisotopic (exact) mass is 394 g/mol. The Morgan fingerprint density at radius 2 is 1.96 bits per heavy atom. The van der Waals surface area contributed by atoms with E-state index in [4.69, 9.17) is 5.14 Å². The van der Waals surface area contributed by atoms with Crippen molar-refractivity contribution in [1.29, 1.82) is 0 Å². The highest BCUT2D eigenvalue weighted by molar-refractivity contribution is 7.97. The van der Waals surface area contributed by atoms with Crippen molar-refractivity contribution in [2.45, 2.75) is 22.3 Å². The van der Waals surface area contributed by atoms with Crippen LogP contribution in [0.15, 0.2) is 58.3 Å². The van der Waals surface area contributed by atoms with Crippen LogP contribution in [-0.4, -0.2) is 36.8 Å². The molecular formula is C16H18N4O4S2. The van der Waals surface area contributed by atoms with Gasteiger partial charge in [0.2, 0.25) is 10.0 Å². The molecule has 0 aromatic heterocycles. The highest BCUT2D eigenvalue weighted by atomic mass is 32.2. The van der Waals surface area contributed by atoms with Gasteiger partial charge in [-0.25, -0.2) is 17.9 Å². The zero-order valence-corrected chi connectivity index (χ0v) is 15.4. The Bertz CT molecular complexity index is 906. The first-order valence-corrected chi connectivity index (χ1v) is 10.2. The maximum absolute atomic E-state index is 11.6. The van der Waals surface area contributed by atoms with E-state index >= 15 is 0 Å². The van der Waals surface area contributed by atoms with E-state index < -0.39 is 25.5 Å². The van der Waals surface area contributed by atoms with Crippen molar-refractivity contribution >= 4 is 33.3 Å². The Kier molecular flexibility index (Phi) is 5.47. The first-order chi connectivity index (χ1) is 12.3. The number of rotatable bonds is 6. The van der Waals surface area contributed by atoms with Crippen molar-refractivity contribution in [3.63, 3.8) is 0 Å². The minimum atomic E-state index is -4.18. The Labute approximate surface area is 155 Å². The summed E-state index contributed by atoms with van der Waals surface area (Å²) >= 11 is 1.67. The molecule has 2 aromatic rings. The first kappa shape index (κ1) is 18.6. The fourth-order valence-corrected chi connectivity index (χ4v) is 4.53. The average Bonchev–Trinajstić information content (AvgIpc) is 3.01. The molecule has 1 saturated heterocycles. The van der Waals surface area contributed by atoms with E-state index in [1.807, 2.05) is 30.3 Å². The van der Waals surface area contributed by atoms with E-state index in [-0.39, 0.29) is 6.04 Å². The minimum absolute atomic E-state index is 0.112. The van der Waals surface area contributed by atoms with Gasteiger partial charge in [-0.15, -0.1) is 0 Å². The summed E-state index contributed by atoms with van der Waals surface area (Å²) < 4.78 is 25.5. The van der Waals surface area contributed by atoms with Crippen molar-refractivity contribution in [3.05, 3.63) is 58.6 Å². The topological polar surface area (TPSA) is 119 Å². The standard InChI is InChI=1S/C16H18N4O4S2/c17-26(23,24)16-10-12(6-7-15(16)20(21)22)18-13-8-9-19(11-13)25-14-4-2-1-3-5-14/h1-7,10,13,18H,8-9,11H2,(H2,17,23,24). The van der Waals surface area contributed by atoms with Crippen molar-refractivity contribution in [2.24, 2.45) is 5.14 Å². The highest BCUT2D eigenvalue weighted by Gasteiger charge is 2.26. The van der Waals surface area contributed by atoms with Crippen molar-refractivity contribution in [1.82, 2.24) is 4.31 Å². The third kappa shape index (κ3) is 4.52. The number of nitrogens with one attached hydrogen (secondary N) is 1. The van der Waals surface area contributed by atoms with Gasteiger partial charge >= 0.3 is 0 Å². The van der Waals surface area contributed by atoms with E-state index in [1.165, 1.54) is 12.1 Å². The number of anilines is 1. The average molecular weight is 394 g/mol. The number of sulfonamides is 1. The largest absolute Gasteiger partial charge is 0.381 e. The number of nitro groups is 1. The molecule has 1 unspecified atom stereocenters. The molecule has 3 rings (SSSR count). The zero-order valence-electron chi connectivity index (χ0n) is 13.7. The van der Waals surface area contributed by atoms with Crippen molar-refractivity contribution < 1.29 is 13.3 Å². The van der Waals surface area contributed by atoms with Crippen LogP contribution in [0.2, 0.25) is 0 Å². The molecule has 1 aliphatic rings. The number of benzene rings is 2. The van der Waals surface area contributed by atoms with Gasteiger partial charge in [-0.3, -0.25) is 10.1 Å². The summed E-state index contributed by atoms with van der Waals surface area (Å²) in [7, 11) is -4.18. The molecule has 8 nitrogen and oxygen atoms in total. The molecule has 0 spiro atoms. The fraction of sp³-hybridized carbons (Fsp3) is 0.250. The maximum atomic E-state index is 11.6. The van der Waals surface area contributed by atoms with Crippen LogP contribution in [0.4, 0.5) is 11.4 Å². The van der Waals surface area contributed by atoms with Crippen LogP contribution < -0.4 is 10.5 Å². The lowest BCUT2D eigenvalue weighted by atomic mass is 10.2. The molecule has 0 amide bonds. The lowest BCUT2D eigenvalue weighted by molar-refractivity contribution is -0.387. The Hall–Kier alpha value is -2.14. The summed E-state index contributed by atoms with van der Waals surface area (Å²) in [5.41, 5.74) is -0.0260. The normalized spacial score (nSPS) is 18.0. The van der Waals surface area contributed by atoms with Crippen LogP contribution in [0.25, 0.3) is 0 Å². The van der Waals surface area contributed by atoms with E-state index in [0.29, 0.717) is 5.69 Å². The SMILES string of the molecule is NS(=O)(=O)c1cc(NC2CCN(Sc3ccccc3)C2)ccc1[N+](=O)[O-]. The van der Waals surface area contributed by atoms with E-state index in [0.717, 1.165) is 30.5 Å². The predicted molar refractivity (Wildman–Crippen MR) is 100 cm³/mol. The van der Waals surface area contributed by atoms with Crippen LogP contribution in [0.5, 0.6) is 0 Å². The second-order valence-electron chi connectivity index (χ2n) is 5.91. The molecule has 2 aromatic carbocycles. The van der Waals surface area contributed by atoms with E-state index in [9.17, 15) is 18.5 Å². The molecule has 0 aliphatic carbocycles. The molecule has 1 atom stereocenters. The number of nitrogens with two attached hydrogens (primary N) is 1. The number of nitrogens with zero attached hydrogens (tertiary/aromatic N) is 2. The molecule has 0 radical (unpaired) electrons.